The van der Waals surface area contributed by atoms with E-state index in [4.69, 9.17) is 4.74 Å². The second-order valence-electron chi connectivity index (χ2n) is 5.68. The Balaban J connectivity index is 2.00. The van der Waals surface area contributed by atoms with E-state index in [0.29, 0.717) is 19.1 Å². The average Bonchev–Trinajstić information content (AvgIpc) is 2.87. The Kier molecular flexibility index (Phi) is 4.40. The first-order chi connectivity index (χ1) is 9.05. The van der Waals surface area contributed by atoms with Crippen LogP contribution in [0.15, 0.2) is 12.3 Å². The molecule has 1 saturated heterocycles. The molecule has 0 bridgehead atoms. The van der Waals surface area contributed by atoms with E-state index in [1.54, 1.807) is 0 Å². The van der Waals surface area contributed by atoms with Crippen LogP contribution in [0.1, 0.15) is 58.2 Å². The number of ether oxygens (including phenoxy) is 1. The van der Waals surface area contributed by atoms with Crippen LogP contribution in [0.2, 0.25) is 0 Å². The molecule has 1 fully saturated rings. The van der Waals surface area contributed by atoms with Gasteiger partial charge in [0, 0.05) is 18.8 Å². The third-order valence-electron chi connectivity index (χ3n) is 4.11. The van der Waals surface area contributed by atoms with Gasteiger partial charge in [0.15, 0.2) is 5.78 Å². The zero-order chi connectivity index (χ0) is 13.9. The Bertz CT molecular complexity index is 433. The molecule has 2 rings (SSSR count). The van der Waals surface area contributed by atoms with E-state index in [9.17, 15) is 4.79 Å². The molecular weight excluding hydrogens is 240 g/mol. The molecule has 1 aliphatic heterocycles. The minimum Gasteiger partial charge on any atom is -0.367 e. The third kappa shape index (κ3) is 3.24. The minimum atomic E-state index is -0.599. The second-order valence-corrected chi connectivity index (χ2v) is 5.68. The van der Waals surface area contributed by atoms with Crippen LogP contribution in [-0.4, -0.2) is 27.8 Å². The van der Waals surface area contributed by atoms with Crippen molar-refractivity contribution in [2.75, 3.05) is 6.61 Å². The number of nitrogens with zero attached hydrogens (tertiary/aromatic N) is 2. The van der Waals surface area contributed by atoms with Gasteiger partial charge in [-0.05, 0) is 45.6 Å². The maximum absolute atomic E-state index is 12.4. The Hall–Kier alpha value is -1.16. The predicted molar refractivity (Wildman–Crippen MR) is 74.1 cm³/mol. The number of Topliss-reactive ketones (excluding diaryl/α,β-unsaturated/α-hetero) is 1. The fourth-order valence-corrected chi connectivity index (χ4v) is 2.41. The topological polar surface area (TPSA) is 44.1 Å². The van der Waals surface area contributed by atoms with Gasteiger partial charge in [0.25, 0.3) is 0 Å². The van der Waals surface area contributed by atoms with Gasteiger partial charge in [-0.2, -0.15) is 5.10 Å². The minimum absolute atomic E-state index is 0.154. The highest BCUT2D eigenvalue weighted by Crippen LogP contribution is 2.26. The molecule has 0 aliphatic carbocycles. The van der Waals surface area contributed by atoms with Gasteiger partial charge in [0.05, 0.1) is 12.1 Å². The van der Waals surface area contributed by atoms with E-state index in [-0.39, 0.29) is 5.78 Å². The molecule has 2 atom stereocenters. The van der Waals surface area contributed by atoms with Crippen molar-refractivity contribution < 1.29 is 9.53 Å². The molecule has 106 valence electrons. The second kappa shape index (κ2) is 5.87. The van der Waals surface area contributed by atoms with E-state index < -0.39 is 5.60 Å². The lowest BCUT2D eigenvalue weighted by molar-refractivity contribution is -0.147. The number of hydrogen-bond donors (Lipinski definition) is 0. The molecule has 4 heteroatoms. The lowest BCUT2D eigenvalue weighted by Crippen LogP contribution is -2.42. The van der Waals surface area contributed by atoms with E-state index in [1.165, 1.54) is 0 Å². The Morgan fingerprint density at radius 2 is 2.37 bits per heavy atom. The van der Waals surface area contributed by atoms with Crippen LogP contribution in [0.4, 0.5) is 0 Å². The number of carbonyl (C=O) groups excluding carboxylic acids is 1. The van der Waals surface area contributed by atoms with Crippen molar-refractivity contribution in [1.82, 2.24) is 9.78 Å². The molecule has 0 N–H and O–H groups in total. The summed E-state index contributed by atoms with van der Waals surface area (Å²) in [7, 11) is 0. The summed E-state index contributed by atoms with van der Waals surface area (Å²) in [5.41, 5.74) is 0.249. The molecule has 0 radical (unpaired) electrons. The first kappa shape index (κ1) is 14.3. The highest BCUT2D eigenvalue weighted by atomic mass is 16.5. The summed E-state index contributed by atoms with van der Waals surface area (Å²) in [6.45, 7) is 6.88. The monoisotopic (exact) mass is 264 g/mol. The zero-order valence-corrected chi connectivity index (χ0v) is 12.2. The van der Waals surface area contributed by atoms with Crippen molar-refractivity contribution in [3.05, 3.63) is 18.0 Å². The lowest BCUT2D eigenvalue weighted by Gasteiger charge is -2.32. The van der Waals surface area contributed by atoms with E-state index >= 15 is 0 Å². The summed E-state index contributed by atoms with van der Waals surface area (Å²) in [5.74, 6) is 0.154. The molecular formula is C15H24N2O2. The van der Waals surface area contributed by atoms with Crippen molar-refractivity contribution in [3.63, 3.8) is 0 Å². The van der Waals surface area contributed by atoms with Gasteiger partial charge in [0.2, 0.25) is 0 Å². The third-order valence-corrected chi connectivity index (χ3v) is 4.11. The van der Waals surface area contributed by atoms with Crippen molar-refractivity contribution in [1.29, 1.82) is 0 Å². The highest BCUT2D eigenvalue weighted by Gasteiger charge is 2.35. The fraction of sp³-hybridized carbons (Fsp3) is 0.733. The lowest BCUT2D eigenvalue weighted by atomic mass is 9.89. The largest absolute Gasteiger partial charge is 0.367 e. The number of aromatic nitrogens is 2. The number of carbonyl (C=O) groups is 1. The van der Waals surface area contributed by atoms with Crippen molar-refractivity contribution in [2.45, 2.75) is 64.5 Å². The molecule has 1 aliphatic rings. The molecule has 0 aromatic carbocycles. The summed E-state index contributed by atoms with van der Waals surface area (Å²) in [4.78, 5) is 12.4. The van der Waals surface area contributed by atoms with Gasteiger partial charge in [-0.15, -0.1) is 0 Å². The predicted octanol–water partition coefficient (Wildman–Crippen LogP) is 2.92. The van der Waals surface area contributed by atoms with E-state index in [1.807, 2.05) is 23.9 Å². The number of hydrogen-bond acceptors (Lipinski definition) is 3. The summed E-state index contributed by atoms with van der Waals surface area (Å²) < 4.78 is 7.63. The van der Waals surface area contributed by atoms with E-state index in [2.05, 4.69) is 18.9 Å². The SMILES string of the molecule is CCC(C)n1ccc(CC(=O)C2(C)CCCCO2)n1. The summed E-state index contributed by atoms with van der Waals surface area (Å²) in [6, 6.07) is 2.32. The summed E-state index contributed by atoms with van der Waals surface area (Å²) >= 11 is 0. The van der Waals surface area contributed by atoms with Gasteiger partial charge in [0.1, 0.15) is 5.60 Å². The van der Waals surface area contributed by atoms with Crippen LogP contribution in [-0.2, 0) is 16.0 Å². The molecule has 19 heavy (non-hydrogen) atoms. The standard InChI is InChI=1S/C15H24N2O2/c1-4-12(2)17-9-7-13(16-17)11-14(18)15(3)8-5-6-10-19-15/h7,9,12H,4-6,8,10-11H2,1-3H3. The van der Waals surface area contributed by atoms with Crippen LogP contribution < -0.4 is 0 Å². The number of ketones is 1. The van der Waals surface area contributed by atoms with Gasteiger partial charge < -0.3 is 4.74 Å². The molecule has 0 amide bonds. The van der Waals surface area contributed by atoms with Crippen molar-refractivity contribution in [3.8, 4) is 0 Å². The van der Waals surface area contributed by atoms with Gasteiger partial charge >= 0.3 is 0 Å². The first-order valence-electron chi connectivity index (χ1n) is 7.26. The molecule has 0 spiro atoms. The summed E-state index contributed by atoms with van der Waals surface area (Å²) in [5, 5.41) is 4.49. The normalized spacial score (nSPS) is 25.2. The van der Waals surface area contributed by atoms with Crippen LogP contribution >= 0.6 is 0 Å². The van der Waals surface area contributed by atoms with Crippen molar-refractivity contribution >= 4 is 5.78 Å². The van der Waals surface area contributed by atoms with Crippen LogP contribution in [0, 0.1) is 0 Å². The Morgan fingerprint density at radius 3 is 3.00 bits per heavy atom. The highest BCUT2D eigenvalue weighted by molar-refractivity contribution is 5.88. The van der Waals surface area contributed by atoms with Gasteiger partial charge in [-0.1, -0.05) is 6.92 Å². The first-order valence-corrected chi connectivity index (χ1v) is 7.26. The van der Waals surface area contributed by atoms with Crippen LogP contribution in [0.25, 0.3) is 0 Å². The van der Waals surface area contributed by atoms with Crippen LogP contribution in [0.3, 0.4) is 0 Å². The molecule has 1 aromatic heterocycles. The maximum Gasteiger partial charge on any atom is 0.170 e. The smallest absolute Gasteiger partial charge is 0.170 e. The Morgan fingerprint density at radius 1 is 1.58 bits per heavy atom. The average molecular weight is 264 g/mol. The quantitative estimate of drug-likeness (QED) is 0.821. The molecule has 0 saturated carbocycles. The Labute approximate surface area is 115 Å². The summed E-state index contributed by atoms with van der Waals surface area (Å²) in [6.07, 6.45) is 6.34. The van der Waals surface area contributed by atoms with Crippen molar-refractivity contribution in [2.24, 2.45) is 0 Å². The number of rotatable bonds is 5. The molecule has 1 aromatic rings. The molecule has 2 heterocycles. The van der Waals surface area contributed by atoms with E-state index in [0.717, 1.165) is 31.4 Å². The zero-order valence-electron chi connectivity index (χ0n) is 12.2. The van der Waals surface area contributed by atoms with Crippen LogP contribution in [0.5, 0.6) is 0 Å². The molecule has 2 unspecified atom stereocenters. The fourth-order valence-electron chi connectivity index (χ4n) is 2.41. The van der Waals surface area contributed by atoms with Gasteiger partial charge in [-0.3, -0.25) is 9.48 Å². The molecule has 4 nitrogen and oxygen atoms in total. The van der Waals surface area contributed by atoms with Gasteiger partial charge in [-0.25, -0.2) is 0 Å². The maximum atomic E-state index is 12.4.